The Morgan fingerprint density at radius 2 is 1.85 bits per heavy atom. The van der Waals surface area contributed by atoms with Crippen molar-refractivity contribution in [3.63, 3.8) is 0 Å². The minimum atomic E-state index is -0.366. The highest BCUT2D eigenvalue weighted by Gasteiger charge is 2.16. The number of hydrogen-bond donors (Lipinski definition) is 3. The maximum Gasteiger partial charge on any atom is 0.134 e. The molecule has 0 radical (unpaired) electrons. The summed E-state index contributed by atoms with van der Waals surface area (Å²) >= 11 is 0. The maximum absolute atomic E-state index is 10.2. The van der Waals surface area contributed by atoms with Crippen LogP contribution in [0.1, 0.15) is 51.4 Å². The molecule has 0 aliphatic heterocycles. The van der Waals surface area contributed by atoms with Crippen LogP contribution in [0.2, 0.25) is 0 Å². The quantitative estimate of drug-likeness (QED) is 0.681. The molecule has 114 valence electrons. The van der Waals surface area contributed by atoms with Crippen LogP contribution in [-0.4, -0.2) is 27.7 Å². The smallest absolute Gasteiger partial charge is 0.134 e. The molecule has 4 N–H and O–H groups in total. The standard InChI is InChI=1S/C15H28N4O/c1-5-8-13-18-14(16)10(4)15(19-13)17-9-12(20)11(6-2)7-3/h11-12,20H,5-9H2,1-4H3,(H3,16,17,18,19). The third-order valence-corrected chi connectivity index (χ3v) is 3.77. The van der Waals surface area contributed by atoms with Gasteiger partial charge in [-0.1, -0.05) is 33.6 Å². The highest BCUT2D eigenvalue weighted by Crippen LogP contribution is 2.19. The number of aliphatic hydroxyl groups excluding tert-OH is 1. The van der Waals surface area contributed by atoms with E-state index < -0.39 is 0 Å². The fraction of sp³-hybridized carbons (Fsp3) is 0.733. The van der Waals surface area contributed by atoms with E-state index in [9.17, 15) is 5.11 Å². The fourth-order valence-corrected chi connectivity index (χ4v) is 2.29. The molecule has 20 heavy (non-hydrogen) atoms. The van der Waals surface area contributed by atoms with E-state index in [1.54, 1.807) is 0 Å². The Bertz CT molecular complexity index is 419. The van der Waals surface area contributed by atoms with Gasteiger partial charge in [-0.15, -0.1) is 0 Å². The van der Waals surface area contributed by atoms with Gasteiger partial charge in [0.05, 0.1) is 6.10 Å². The van der Waals surface area contributed by atoms with E-state index in [1.165, 1.54) is 0 Å². The average Bonchev–Trinajstić information content (AvgIpc) is 2.42. The van der Waals surface area contributed by atoms with Gasteiger partial charge in [0.25, 0.3) is 0 Å². The first-order valence-electron chi connectivity index (χ1n) is 7.58. The number of nitrogen functional groups attached to an aromatic ring is 1. The molecule has 1 unspecified atom stereocenters. The van der Waals surface area contributed by atoms with E-state index >= 15 is 0 Å². The largest absolute Gasteiger partial charge is 0.391 e. The molecule has 1 atom stereocenters. The van der Waals surface area contributed by atoms with E-state index in [-0.39, 0.29) is 6.10 Å². The summed E-state index contributed by atoms with van der Waals surface area (Å²) in [6, 6.07) is 0. The molecule has 1 heterocycles. The van der Waals surface area contributed by atoms with E-state index in [2.05, 4.69) is 36.1 Å². The molecule has 0 saturated heterocycles. The van der Waals surface area contributed by atoms with Gasteiger partial charge in [-0.2, -0.15) is 0 Å². The second-order valence-electron chi connectivity index (χ2n) is 5.27. The van der Waals surface area contributed by atoms with Crippen LogP contribution < -0.4 is 11.1 Å². The monoisotopic (exact) mass is 280 g/mol. The number of anilines is 2. The molecular weight excluding hydrogens is 252 g/mol. The minimum absolute atomic E-state index is 0.317. The third-order valence-electron chi connectivity index (χ3n) is 3.77. The Morgan fingerprint density at radius 1 is 1.20 bits per heavy atom. The molecule has 0 bridgehead atoms. The van der Waals surface area contributed by atoms with Crippen molar-refractivity contribution in [1.82, 2.24) is 9.97 Å². The third kappa shape index (κ3) is 4.34. The zero-order valence-electron chi connectivity index (χ0n) is 13.1. The van der Waals surface area contributed by atoms with Crippen LogP contribution in [0.3, 0.4) is 0 Å². The first-order chi connectivity index (χ1) is 9.53. The van der Waals surface area contributed by atoms with Crippen molar-refractivity contribution < 1.29 is 5.11 Å². The van der Waals surface area contributed by atoms with Gasteiger partial charge >= 0.3 is 0 Å². The van der Waals surface area contributed by atoms with Gasteiger partial charge in [0.1, 0.15) is 17.5 Å². The lowest BCUT2D eigenvalue weighted by molar-refractivity contribution is 0.114. The maximum atomic E-state index is 10.2. The van der Waals surface area contributed by atoms with E-state index in [0.29, 0.717) is 18.3 Å². The second-order valence-corrected chi connectivity index (χ2v) is 5.27. The summed E-state index contributed by atoms with van der Waals surface area (Å²) in [4.78, 5) is 8.77. The summed E-state index contributed by atoms with van der Waals surface area (Å²) in [5.74, 6) is 2.33. The summed E-state index contributed by atoms with van der Waals surface area (Å²) in [6.45, 7) is 8.69. The molecule has 0 aliphatic carbocycles. The predicted octanol–water partition coefficient (Wildman–Crippen LogP) is 2.53. The summed E-state index contributed by atoms with van der Waals surface area (Å²) in [5.41, 5.74) is 6.77. The number of aryl methyl sites for hydroxylation is 1. The molecule has 1 rings (SSSR count). The highest BCUT2D eigenvalue weighted by molar-refractivity contribution is 5.54. The van der Waals surface area contributed by atoms with Crippen molar-refractivity contribution in [3.8, 4) is 0 Å². The molecule has 1 aromatic heterocycles. The van der Waals surface area contributed by atoms with Crippen molar-refractivity contribution in [2.75, 3.05) is 17.6 Å². The predicted molar refractivity (Wildman–Crippen MR) is 83.7 cm³/mol. The van der Waals surface area contributed by atoms with Gasteiger partial charge in [-0.25, -0.2) is 9.97 Å². The second kappa shape index (κ2) is 8.04. The Hall–Kier alpha value is -1.36. The Balaban J connectivity index is 2.76. The SMILES string of the molecule is CCCc1nc(N)c(C)c(NCC(O)C(CC)CC)n1. The number of rotatable bonds is 8. The molecule has 0 amide bonds. The summed E-state index contributed by atoms with van der Waals surface area (Å²) < 4.78 is 0. The minimum Gasteiger partial charge on any atom is -0.391 e. The number of nitrogens with two attached hydrogens (primary N) is 1. The molecule has 0 aliphatic rings. The van der Waals surface area contributed by atoms with Gasteiger partial charge in [-0.05, 0) is 19.3 Å². The van der Waals surface area contributed by atoms with Crippen molar-refractivity contribution in [1.29, 1.82) is 0 Å². The molecule has 5 heteroatoms. The summed E-state index contributed by atoms with van der Waals surface area (Å²) in [5, 5.41) is 13.4. The Labute approximate surface area is 122 Å². The number of nitrogens with one attached hydrogen (secondary N) is 1. The molecule has 0 fully saturated rings. The number of aliphatic hydroxyl groups is 1. The van der Waals surface area contributed by atoms with Crippen molar-refractivity contribution in [2.24, 2.45) is 5.92 Å². The van der Waals surface area contributed by atoms with Crippen LogP contribution >= 0.6 is 0 Å². The Kier molecular flexibility index (Phi) is 6.71. The lowest BCUT2D eigenvalue weighted by Gasteiger charge is -2.21. The fourth-order valence-electron chi connectivity index (χ4n) is 2.29. The first-order valence-corrected chi connectivity index (χ1v) is 7.58. The average molecular weight is 280 g/mol. The van der Waals surface area contributed by atoms with Gasteiger partial charge in [-0.3, -0.25) is 0 Å². The van der Waals surface area contributed by atoms with E-state index in [4.69, 9.17) is 5.73 Å². The number of hydrogen-bond acceptors (Lipinski definition) is 5. The van der Waals surface area contributed by atoms with E-state index in [0.717, 1.165) is 42.9 Å². The molecule has 5 nitrogen and oxygen atoms in total. The molecule has 0 aromatic carbocycles. The van der Waals surface area contributed by atoms with Crippen LogP contribution in [0.15, 0.2) is 0 Å². The van der Waals surface area contributed by atoms with Gasteiger partial charge in [0.2, 0.25) is 0 Å². The zero-order chi connectivity index (χ0) is 15.1. The lowest BCUT2D eigenvalue weighted by atomic mass is 9.96. The van der Waals surface area contributed by atoms with Gasteiger partial charge in [0.15, 0.2) is 0 Å². The molecular formula is C15H28N4O. The van der Waals surface area contributed by atoms with Crippen LogP contribution in [-0.2, 0) is 6.42 Å². The van der Waals surface area contributed by atoms with Crippen LogP contribution in [0, 0.1) is 12.8 Å². The number of aromatic nitrogens is 2. The van der Waals surface area contributed by atoms with Crippen molar-refractivity contribution >= 4 is 11.6 Å². The van der Waals surface area contributed by atoms with E-state index in [1.807, 2.05) is 6.92 Å². The first kappa shape index (κ1) is 16.7. The summed E-state index contributed by atoms with van der Waals surface area (Å²) in [6.07, 6.45) is 3.39. The normalized spacial score (nSPS) is 12.7. The van der Waals surface area contributed by atoms with Crippen LogP contribution in [0.4, 0.5) is 11.6 Å². The van der Waals surface area contributed by atoms with Gasteiger partial charge < -0.3 is 16.2 Å². The highest BCUT2D eigenvalue weighted by atomic mass is 16.3. The topological polar surface area (TPSA) is 84.1 Å². The van der Waals surface area contributed by atoms with Crippen molar-refractivity contribution in [2.45, 2.75) is 59.5 Å². The van der Waals surface area contributed by atoms with Crippen molar-refractivity contribution in [3.05, 3.63) is 11.4 Å². The zero-order valence-corrected chi connectivity index (χ0v) is 13.1. The lowest BCUT2D eigenvalue weighted by Crippen LogP contribution is -2.28. The molecule has 0 spiro atoms. The van der Waals surface area contributed by atoms with Crippen LogP contribution in [0.25, 0.3) is 0 Å². The number of nitrogens with zero attached hydrogens (tertiary/aromatic N) is 2. The molecule has 1 aromatic rings. The van der Waals surface area contributed by atoms with Crippen LogP contribution in [0.5, 0.6) is 0 Å². The molecule has 0 saturated carbocycles. The Morgan fingerprint density at radius 3 is 2.40 bits per heavy atom. The summed E-state index contributed by atoms with van der Waals surface area (Å²) in [7, 11) is 0. The van der Waals surface area contributed by atoms with Gasteiger partial charge in [0, 0.05) is 18.5 Å².